The Morgan fingerprint density at radius 1 is 1.08 bits per heavy atom. The summed E-state index contributed by atoms with van der Waals surface area (Å²) in [6.45, 7) is 6.03. The van der Waals surface area contributed by atoms with E-state index in [1.54, 1.807) is 16.7 Å². The van der Waals surface area contributed by atoms with Gasteiger partial charge >= 0.3 is 5.97 Å². The van der Waals surface area contributed by atoms with Crippen LogP contribution in [0.4, 0.5) is 0 Å². The van der Waals surface area contributed by atoms with Crippen LogP contribution >= 0.6 is 11.3 Å². The maximum Gasteiger partial charge on any atom is 0.325 e. The van der Waals surface area contributed by atoms with E-state index in [2.05, 4.69) is 11.1 Å². The van der Waals surface area contributed by atoms with E-state index in [9.17, 15) is 9.59 Å². The highest BCUT2D eigenvalue weighted by molar-refractivity contribution is 7.16. The van der Waals surface area contributed by atoms with Gasteiger partial charge in [0, 0.05) is 5.56 Å². The number of ether oxygens (including phenoxy) is 1. The summed E-state index contributed by atoms with van der Waals surface area (Å²) in [6.07, 6.45) is 0. The molecule has 0 spiro atoms. The molecule has 0 saturated carbocycles. The van der Waals surface area contributed by atoms with Crippen molar-refractivity contribution in [1.29, 1.82) is 0 Å². The molecule has 0 unspecified atom stereocenters. The molecule has 3 rings (SSSR count). The molecule has 1 heterocycles. The predicted octanol–water partition coefficient (Wildman–Crippen LogP) is 3.54. The first-order valence-corrected chi connectivity index (χ1v) is 9.04. The Labute approximate surface area is 155 Å². The number of carbonyl (C=O) groups excluding carboxylic acids is 2. The number of rotatable bonds is 3. The van der Waals surface area contributed by atoms with Gasteiger partial charge in [0.25, 0.3) is 5.91 Å². The Morgan fingerprint density at radius 3 is 2.38 bits per heavy atom. The Hall–Kier alpha value is -2.73. The van der Waals surface area contributed by atoms with E-state index in [1.807, 2.05) is 39.0 Å². The molecule has 26 heavy (non-hydrogen) atoms. The van der Waals surface area contributed by atoms with Crippen LogP contribution in [-0.2, 0) is 16.1 Å². The van der Waals surface area contributed by atoms with E-state index in [4.69, 9.17) is 4.74 Å². The van der Waals surface area contributed by atoms with Crippen LogP contribution in [0.2, 0.25) is 0 Å². The fraction of sp³-hybridized carbons (Fsp3) is 0.250. The van der Waals surface area contributed by atoms with Gasteiger partial charge in [0.15, 0.2) is 4.80 Å². The molecule has 3 aromatic rings. The van der Waals surface area contributed by atoms with E-state index >= 15 is 0 Å². The fourth-order valence-corrected chi connectivity index (χ4v) is 3.71. The average Bonchev–Trinajstić information content (AvgIpc) is 2.92. The molecular weight excluding hydrogens is 348 g/mol. The zero-order valence-electron chi connectivity index (χ0n) is 15.2. The first-order valence-electron chi connectivity index (χ1n) is 8.22. The molecule has 0 aliphatic heterocycles. The Kier molecular flexibility index (Phi) is 5.04. The average molecular weight is 368 g/mol. The van der Waals surface area contributed by atoms with Gasteiger partial charge in [-0.1, -0.05) is 29.0 Å². The number of benzene rings is 2. The molecule has 0 aliphatic carbocycles. The van der Waals surface area contributed by atoms with Gasteiger partial charge in [-0.2, -0.15) is 4.99 Å². The minimum Gasteiger partial charge on any atom is -0.468 e. The number of fused-ring (bicyclic) bond motifs is 1. The molecule has 0 bridgehead atoms. The molecule has 1 amide bonds. The molecule has 0 aliphatic rings. The van der Waals surface area contributed by atoms with Gasteiger partial charge in [-0.3, -0.25) is 9.59 Å². The van der Waals surface area contributed by atoms with Gasteiger partial charge < -0.3 is 9.30 Å². The zero-order valence-corrected chi connectivity index (χ0v) is 16.0. The number of aromatic nitrogens is 1. The van der Waals surface area contributed by atoms with Crippen molar-refractivity contribution < 1.29 is 14.3 Å². The van der Waals surface area contributed by atoms with E-state index < -0.39 is 0 Å². The van der Waals surface area contributed by atoms with Crippen molar-refractivity contribution in [2.45, 2.75) is 27.3 Å². The van der Waals surface area contributed by atoms with Crippen molar-refractivity contribution in [1.82, 2.24) is 4.57 Å². The van der Waals surface area contributed by atoms with Crippen LogP contribution < -0.4 is 4.80 Å². The largest absolute Gasteiger partial charge is 0.468 e. The number of carbonyl (C=O) groups is 2. The lowest BCUT2D eigenvalue weighted by atomic mass is 10.1. The summed E-state index contributed by atoms with van der Waals surface area (Å²) >= 11 is 1.39. The lowest BCUT2D eigenvalue weighted by molar-refractivity contribution is -0.141. The normalized spacial score (nSPS) is 11.8. The minimum absolute atomic E-state index is 0.0129. The van der Waals surface area contributed by atoms with Crippen molar-refractivity contribution in [2.75, 3.05) is 7.11 Å². The lowest BCUT2D eigenvalue weighted by Gasteiger charge is -2.05. The number of nitrogens with zero attached hydrogens (tertiary/aromatic N) is 2. The number of hydrogen-bond donors (Lipinski definition) is 0. The zero-order chi connectivity index (χ0) is 18.8. The van der Waals surface area contributed by atoms with Crippen molar-refractivity contribution >= 4 is 33.4 Å². The molecule has 5 nitrogen and oxygen atoms in total. The van der Waals surface area contributed by atoms with Crippen LogP contribution in [0.15, 0.2) is 41.4 Å². The number of amides is 1. The van der Waals surface area contributed by atoms with Gasteiger partial charge in [-0.25, -0.2) is 0 Å². The minimum atomic E-state index is -0.382. The van der Waals surface area contributed by atoms with Gasteiger partial charge in [0.2, 0.25) is 0 Å². The highest BCUT2D eigenvalue weighted by Gasteiger charge is 2.13. The quantitative estimate of drug-likeness (QED) is 0.664. The first-order chi connectivity index (χ1) is 12.4. The number of hydrogen-bond acceptors (Lipinski definition) is 4. The Morgan fingerprint density at radius 2 is 1.73 bits per heavy atom. The van der Waals surface area contributed by atoms with Gasteiger partial charge in [-0.05, 0) is 56.2 Å². The van der Waals surface area contributed by atoms with E-state index in [-0.39, 0.29) is 18.4 Å². The van der Waals surface area contributed by atoms with Gasteiger partial charge in [0.05, 0.1) is 17.3 Å². The third-order valence-electron chi connectivity index (χ3n) is 4.31. The Balaban J connectivity index is 2.16. The van der Waals surface area contributed by atoms with E-state index in [0.29, 0.717) is 10.4 Å². The molecule has 0 N–H and O–H groups in total. The number of thiazole rings is 1. The fourth-order valence-electron chi connectivity index (χ4n) is 2.60. The molecule has 0 radical (unpaired) electrons. The summed E-state index contributed by atoms with van der Waals surface area (Å²) in [5, 5.41) is 0. The Bertz CT molecular complexity index is 1060. The van der Waals surface area contributed by atoms with Crippen LogP contribution in [0.1, 0.15) is 27.0 Å². The first kappa shape index (κ1) is 18.1. The summed E-state index contributed by atoms with van der Waals surface area (Å²) in [5.74, 6) is -0.712. The number of methoxy groups -OCH3 is 1. The van der Waals surface area contributed by atoms with Crippen molar-refractivity contribution in [2.24, 2.45) is 4.99 Å². The van der Waals surface area contributed by atoms with Crippen LogP contribution in [0.3, 0.4) is 0 Å². The van der Waals surface area contributed by atoms with Gasteiger partial charge in [0.1, 0.15) is 6.54 Å². The van der Waals surface area contributed by atoms with Crippen molar-refractivity contribution in [3.63, 3.8) is 0 Å². The van der Waals surface area contributed by atoms with Crippen LogP contribution in [0.5, 0.6) is 0 Å². The van der Waals surface area contributed by atoms with Gasteiger partial charge in [-0.15, -0.1) is 0 Å². The van der Waals surface area contributed by atoms with E-state index in [0.717, 1.165) is 26.9 Å². The molecule has 0 saturated heterocycles. The van der Waals surface area contributed by atoms with Crippen molar-refractivity contribution in [3.8, 4) is 0 Å². The molecular formula is C20H20N2O3S. The molecule has 6 heteroatoms. The summed E-state index contributed by atoms with van der Waals surface area (Å²) in [7, 11) is 1.35. The van der Waals surface area contributed by atoms with Crippen molar-refractivity contribution in [3.05, 3.63) is 63.5 Å². The number of esters is 1. The summed E-state index contributed by atoms with van der Waals surface area (Å²) < 4.78 is 7.52. The van der Waals surface area contributed by atoms with Crippen LogP contribution in [0, 0.1) is 20.8 Å². The second-order valence-electron chi connectivity index (χ2n) is 6.23. The molecule has 2 aromatic carbocycles. The molecule has 0 atom stereocenters. The maximum absolute atomic E-state index is 12.6. The smallest absolute Gasteiger partial charge is 0.325 e. The highest BCUT2D eigenvalue weighted by Crippen LogP contribution is 2.22. The maximum atomic E-state index is 12.6. The summed E-state index contributed by atoms with van der Waals surface area (Å²) in [4.78, 5) is 29.2. The molecule has 134 valence electrons. The second kappa shape index (κ2) is 7.25. The van der Waals surface area contributed by atoms with Crippen LogP contribution in [0.25, 0.3) is 10.2 Å². The SMILES string of the molecule is COC(=O)Cn1c(=NC(=O)c2ccc(C)cc2)sc2cc(C)c(C)cc21. The van der Waals surface area contributed by atoms with E-state index in [1.165, 1.54) is 18.4 Å². The lowest BCUT2D eigenvalue weighted by Crippen LogP contribution is -2.22. The molecule has 1 aromatic heterocycles. The summed E-state index contributed by atoms with van der Waals surface area (Å²) in [5.41, 5.74) is 4.74. The monoisotopic (exact) mass is 368 g/mol. The number of aryl methyl sites for hydroxylation is 3. The molecule has 0 fully saturated rings. The predicted molar refractivity (Wildman–Crippen MR) is 102 cm³/mol. The second-order valence-corrected chi connectivity index (χ2v) is 7.24. The third kappa shape index (κ3) is 3.60. The topological polar surface area (TPSA) is 60.7 Å². The standard InChI is InChI=1S/C20H20N2O3S/c1-12-5-7-15(8-6-12)19(24)21-20-22(11-18(23)25-4)16-9-13(2)14(3)10-17(16)26-20/h5-10H,11H2,1-4H3. The summed E-state index contributed by atoms with van der Waals surface area (Å²) in [6, 6.07) is 11.3. The highest BCUT2D eigenvalue weighted by atomic mass is 32.1. The third-order valence-corrected chi connectivity index (χ3v) is 5.35. The van der Waals surface area contributed by atoms with Crippen LogP contribution in [-0.4, -0.2) is 23.6 Å².